The highest BCUT2D eigenvalue weighted by molar-refractivity contribution is 6.35. The molecule has 28 heavy (non-hydrogen) atoms. The van der Waals surface area contributed by atoms with Gasteiger partial charge >= 0.3 is 0 Å². The zero-order valence-electron chi connectivity index (χ0n) is 16.3. The van der Waals surface area contributed by atoms with Crippen LogP contribution in [0.15, 0.2) is 48.5 Å². The highest BCUT2D eigenvalue weighted by Gasteiger charge is 2.28. The van der Waals surface area contributed by atoms with E-state index in [1.54, 1.807) is 23.1 Å². The fourth-order valence-electron chi connectivity index (χ4n) is 2.99. The van der Waals surface area contributed by atoms with Crippen molar-refractivity contribution in [3.8, 4) is 0 Å². The van der Waals surface area contributed by atoms with Crippen LogP contribution >= 0.6 is 23.2 Å². The molecule has 0 radical (unpaired) electrons. The van der Waals surface area contributed by atoms with Gasteiger partial charge in [-0.1, -0.05) is 73.4 Å². The molecule has 0 heterocycles. The van der Waals surface area contributed by atoms with Gasteiger partial charge in [0, 0.05) is 23.1 Å². The van der Waals surface area contributed by atoms with E-state index >= 15 is 0 Å². The lowest BCUT2D eigenvalue weighted by Gasteiger charge is -2.31. The second-order valence-electron chi connectivity index (χ2n) is 6.63. The summed E-state index contributed by atoms with van der Waals surface area (Å²) in [5.74, 6) is -0.258. The average Bonchev–Trinajstić information content (AvgIpc) is 2.68. The smallest absolute Gasteiger partial charge is 0.242 e. The number of rotatable bonds is 9. The Morgan fingerprint density at radius 1 is 1.07 bits per heavy atom. The molecule has 150 valence electrons. The standard InChI is InChI=1S/C22H26Cl2N2O2/c1-3-12-25-22(28)20(4-2)26(15-17-10-11-18(23)14-19(17)24)21(27)13-16-8-6-5-7-9-16/h5-11,14,20H,3-4,12-13,15H2,1-2H3,(H,25,28)/t20-/m0/s1. The maximum absolute atomic E-state index is 13.2. The van der Waals surface area contributed by atoms with Crippen molar-refractivity contribution >= 4 is 35.0 Å². The minimum atomic E-state index is -0.561. The van der Waals surface area contributed by atoms with E-state index < -0.39 is 6.04 Å². The number of carbonyl (C=O) groups is 2. The van der Waals surface area contributed by atoms with Crippen molar-refractivity contribution in [3.63, 3.8) is 0 Å². The minimum Gasteiger partial charge on any atom is -0.354 e. The summed E-state index contributed by atoms with van der Waals surface area (Å²) >= 11 is 12.3. The summed E-state index contributed by atoms with van der Waals surface area (Å²) in [4.78, 5) is 27.5. The Balaban J connectivity index is 2.29. The average molecular weight is 421 g/mol. The summed E-state index contributed by atoms with van der Waals surface area (Å²) in [5, 5.41) is 3.92. The van der Waals surface area contributed by atoms with Gasteiger partial charge in [0.05, 0.1) is 6.42 Å². The van der Waals surface area contributed by atoms with Crippen molar-refractivity contribution in [2.24, 2.45) is 0 Å². The van der Waals surface area contributed by atoms with Gasteiger partial charge in [-0.15, -0.1) is 0 Å². The van der Waals surface area contributed by atoms with Crippen LogP contribution in [0.1, 0.15) is 37.8 Å². The maximum Gasteiger partial charge on any atom is 0.242 e. The van der Waals surface area contributed by atoms with Gasteiger partial charge in [-0.3, -0.25) is 9.59 Å². The van der Waals surface area contributed by atoms with Crippen molar-refractivity contribution in [2.45, 2.75) is 45.7 Å². The summed E-state index contributed by atoms with van der Waals surface area (Å²) in [6.45, 7) is 4.73. The van der Waals surface area contributed by atoms with Crippen LogP contribution in [-0.4, -0.2) is 29.3 Å². The predicted octanol–water partition coefficient (Wildman–Crippen LogP) is 4.87. The number of halogens is 2. The normalized spacial score (nSPS) is 11.7. The second-order valence-corrected chi connectivity index (χ2v) is 7.48. The summed E-state index contributed by atoms with van der Waals surface area (Å²) in [6.07, 6.45) is 1.58. The van der Waals surface area contributed by atoms with E-state index in [9.17, 15) is 9.59 Å². The molecular formula is C22H26Cl2N2O2. The molecule has 0 unspecified atom stereocenters. The summed E-state index contributed by atoms with van der Waals surface area (Å²) in [5.41, 5.74) is 1.66. The third kappa shape index (κ3) is 6.25. The molecule has 4 nitrogen and oxygen atoms in total. The first kappa shape index (κ1) is 22.3. The molecule has 0 bridgehead atoms. The quantitative estimate of drug-likeness (QED) is 0.628. The largest absolute Gasteiger partial charge is 0.354 e. The number of amides is 2. The zero-order valence-corrected chi connectivity index (χ0v) is 17.8. The van der Waals surface area contributed by atoms with Gasteiger partial charge in [0.25, 0.3) is 0 Å². The number of nitrogens with zero attached hydrogens (tertiary/aromatic N) is 1. The first-order chi connectivity index (χ1) is 13.5. The molecular weight excluding hydrogens is 395 g/mol. The number of carbonyl (C=O) groups excluding carboxylic acids is 2. The molecule has 0 saturated heterocycles. The molecule has 0 aliphatic carbocycles. The highest BCUT2D eigenvalue weighted by atomic mass is 35.5. The van der Waals surface area contributed by atoms with Gasteiger partial charge in [-0.05, 0) is 36.1 Å². The minimum absolute atomic E-state index is 0.115. The van der Waals surface area contributed by atoms with E-state index in [4.69, 9.17) is 23.2 Å². The van der Waals surface area contributed by atoms with Crippen LogP contribution in [0.4, 0.5) is 0 Å². The number of hydrogen-bond donors (Lipinski definition) is 1. The van der Waals surface area contributed by atoms with Crippen molar-refractivity contribution in [2.75, 3.05) is 6.54 Å². The Kier molecular flexibility index (Phi) is 8.81. The Morgan fingerprint density at radius 2 is 1.79 bits per heavy atom. The number of hydrogen-bond acceptors (Lipinski definition) is 2. The topological polar surface area (TPSA) is 49.4 Å². The molecule has 0 spiro atoms. The maximum atomic E-state index is 13.2. The van der Waals surface area contributed by atoms with Crippen LogP contribution in [0.5, 0.6) is 0 Å². The van der Waals surface area contributed by atoms with E-state index in [0.29, 0.717) is 23.0 Å². The van der Waals surface area contributed by atoms with Crippen LogP contribution < -0.4 is 5.32 Å². The van der Waals surface area contributed by atoms with E-state index in [2.05, 4.69) is 5.32 Å². The first-order valence-corrected chi connectivity index (χ1v) is 10.3. The molecule has 2 rings (SSSR count). The summed E-state index contributed by atoms with van der Waals surface area (Å²) in [7, 11) is 0. The monoisotopic (exact) mass is 420 g/mol. The molecule has 2 aromatic carbocycles. The van der Waals surface area contributed by atoms with E-state index in [1.807, 2.05) is 44.2 Å². The molecule has 6 heteroatoms. The van der Waals surface area contributed by atoms with Gasteiger partial charge < -0.3 is 10.2 Å². The Bertz CT molecular complexity index is 796. The van der Waals surface area contributed by atoms with Gasteiger partial charge in [-0.25, -0.2) is 0 Å². The molecule has 2 amide bonds. The molecule has 0 aliphatic rings. The fourth-order valence-corrected chi connectivity index (χ4v) is 3.46. The van der Waals surface area contributed by atoms with E-state index in [0.717, 1.165) is 17.5 Å². The third-order valence-electron chi connectivity index (χ3n) is 4.49. The van der Waals surface area contributed by atoms with Gasteiger partial charge in [0.15, 0.2) is 0 Å². The number of nitrogens with one attached hydrogen (secondary N) is 1. The zero-order chi connectivity index (χ0) is 20.5. The first-order valence-electron chi connectivity index (χ1n) is 9.51. The lowest BCUT2D eigenvalue weighted by molar-refractivity contribution is -0.140. The lowest BCUT2D eigenvalue weighted by atomic mass is 10.1. The lowest BCUT2D eigenvalue weighted by Crippen LogP contribution is -2.49. The Hall–Kier alpha value is -2.04. The summed E-state index contributed by atoms with van der Waals surface area (Å²) < 4.78 is 0. The molecule has 1 atom stereocenters. The van der Waals surface area contributed by atoms with Crippen molar-refractivity contribution < 1.29 is 9.59 Å². The van der Waals surface area contributed by atoms with Crippen LogP contribution in [0, 0.1) is 0 Å². The number of benzene rings is 2. The predicted molar refractivity (Wildman–Crippen MR) is 115 cm³/mol. The van der Waals surface area contributed by atoms with Gasteiger partial charge in [-0.2, -0.15) is 0 Å². The summed E-state index contributed by atoms with van der Waals surface area (Å²) in [6, 6.07) is 14.1. The van der Waals surface area contributed by atoms with Crippen LogP contribution in [0.2, 0.25) is 10.0 Å². The van der Waals surface area contributed by atoms with Gasteiger partial charge in [0.1, 0.15) is 6.04 Å². The molecule has 0 fully saturated rings. The Morgan fingerprint density at radius 3 is 2.39 bits per heavy atom. The van der Waals surface area contributed by atoms with Crippen LogP contribution in [0.25, 0.3) is 0 Å². The third-order valence-corrected chi connectivity index (χ3v) is 5.08. The van der Waals surface area contributed by atoms with Gasteiger partial charge in [0.2, 0.25) is 11.8 Å². The van der Waals surface area contributed by atoms with E-state index in [-0.39, 0.29) is 24.8 Å². The SMILES string of the molecule is CCCNC(=O)[C@H](CC)N(Cc1ccc(Cl)cc1Cl)C(=O)Cc1ccccc1. The van der Waals surface area contributed by atoms with Crippen molar-refractivity contribution in [1.82, 2.24) is 10.2 Å². The second kappa shape index (κ2) is 11.1. The molecule has 1 N–H and O–H groups in total. The van der Waals surface area contributed by atoms with E-state index in [1.165, 1.54) is 0 Å². The molecule has 0 aromatic heterocycles. The fraction of sp³-hybridized carbons (Fsp3) is 0.364. The Labute approximate surface area is 176 Å². The van der Waals surface area contributed by atoms with Crippen molar-refractivity contribution in [1.29, 1.82) is 0 Å². The van der Waals surface area contributed by atoms with Crippen LogP contribution in [0.3, 0.4) is 0 Å². The van der Waals surface area contributed by atoms with Crippen molar-refractivity contribution in [3.05, 3.63) is 69.7 Å². The molecule has 0 saturated carbocycles. The molecule has 0 aliphatic heterocycles. The highest BCUT2D eigenvalue weighted by Crippen LogP contribution is 2.24. The van der Waals surface area contributed by atoms with Crippen LogP contribution in [-0.2, 0) is 22.6 Å². The molecule has 2 aromatic rings.